The minimum atomic E-state index is -0.528. The van der Waals surface area contributed by atoms with Crippen molar-refractivity contribution >= 4 is 35.2 Å². The lowest BCUT2D eigenvalue weighted by Crippen LogP contribution is -2.48. The first kappa shape index (κ1) is 22.3. The van der Waals surface area contributed by atoms with Crippen molar-refractivity contribution in [2.24, 2.45) is 0 Å². The van der Waals surface area contributed by atoms with E-state index in [0.29, 0.717) is 29.6 Å². The normalized spacial score (nSPS) is 11.7. The molecule has 0 unspecified atom stereocenters. The van der Waals surface area contributed by atoms with E-state index >= 15 is 0 Å². The summed E-state index contributed by atoms with van der Waals surface area (Å²) in [6.45, 7) is 4.80. The zero-order valence-corrected chi connectivity index (χ0v) is 17.9. The van der Waals surface area contributed by atoms with Crippen LogP contribution in [0.25, 0.3) is 0 Å². The summed E-state index contributed by atoms with van der Waals surface area (Å²) in [5.41, 5.74) is 2.01. The molecule has 2 rings (SSSR count). The fourth-order valence-corrected chi connectivity index (χ4v) is 3.90. The molecule has 4 nitrogen and oxygen atoms in total. The molecule has 0 aliphatic rings. The number of carbonyl (C=O) groups is 2. The van der Waals surface area contributed by atoms with E-state index in [1.54, 1.807) is 11.8 Å². The van der Waals surface area contributed by atoms with Crippen LogP contribution in [0, 0.1) is 0 Å². The zero-order chi connectivity index (χ0) is 20.4. The molecule has 2 aromatic carbocycles. The Morgan fingerprint density at radius 2 is 1.79 bits per heavy atom. The van der Waals surface area contributed by atoms with Gasteiger partial charge in [-0.1, -0.05) is 67.1 Å². The maximum Gasteiger partial charge on any atom is 0.242 e. The van der Waals surface area contributed by atoms with E-state index in [2.05, 4.69) is 5.32 Å². The van der Waals surface area contributed by atoms with Crippen LogP contribution in [0.3, 0.4) is 0 Å². The summed E-state index contributed by atoms with van der Waals surface area (Å²) >= 11 is 7.70. The summed E-state index contributed by atoms with van der Waals surface area (Å²) in [5.74, 6) is 0.770. The van der Waals surface area contributed by atoms with E-state index in [1.807, 2.05) is 61.5 Å². The molecule has 0 bridgehead atoms. The van der Waals surface area contributed by atoms with Crippen LogP contribution >= 0.6 is 23.4 Å². The van der Waals surface area contributed by atoms with Gasteiger partial charge < -0.3 is 10.2 Å². The summed E-state index contributed by atoms with van der Waals surface area (Å²) in [7, 11) is 0. The van der Waals surface area contributed by atoms with Crippen LogP contribution in [0.4, 0.5) is 0 Å². The van der Waals surface area contributed by atoms with Gasteiger partial charge in [0.25, 0.3) is 0 Å². The van der Waals surface area contributed by atoms with E-state index in [0.717, 1.165) is 17.5 Å². The van der Waals surface area contributed by atoms with Crippen LogP contribution in [0.15, 0.2) is 54.6 Å². The second-order valence-electron chi connectivity index (χ2n) is 6.56. The standard InChI is InChI=1S/C22H27ClN2O2S/c1-3-13-24-22(27)17(2)25(14-18-9-5-4-6-10-18)21(26)16-28-15-19-11-7-8-12-20(19)23/h4-12,17H,3,13-16H2,1-2H3,(H,24,27)/t17-/m1/s1. The molecule has 1 N–H and O–H groups in total. The van der Waals surface area contributed by atoms with Gasteiger partial charge in [0.2, 0.25) is 11.8 Å². The van der Waals surface area contributed by atoms with Gasteiger partial charge in [0.1, 0.15) is 6.04 Å². The maximum absolute atomic E-state index is 12.9. The molecular weight excluding hydrogens is 392 g/mol. The molecule has 150 valence electrons. The lowest BCUT2D eigenvalue weighted by molar-refractivity contribution is -0.138. The topological polar surface area (TPSA) is 49.4 Å². The molecule has 2 aromatic rings. The molecule has 6 heteroatoms. The van der Waals surface area contributed by atoms with Crippen molar-refractivity contribution in [1.29, 1.82) is 0 Å². The number of rotatable bonds is 10. The molecule has 2 amide bonds. The number of amides is 2. The van der Waals surface area contributed by atoms with Crippen LogP contribution in [-0.2, 0) is 21.9 Å². The van der Waals surface area contributed by atoms with Crippen molar-refractivity contribution in [3.05, 3.63) is 70.7 Å². The Labute approximate surface area is 176 Å². The molecular formula is C22H27ClN2O2S. The summed E-state index contributed by atoms with van der Waals surface area (Å²) in [6.07, 6.45) is 0.860. The molecule has 0 heterocycles. The third-order valence-electron chi connectivity index (χ3n) is 4.35. The first-order chi connectivity index (χ1) is 13.5. The van der Waals surface area contributed by atoms with Crippen molar-refractivity contribution < 1.29 is 9.59 Å². The molecule has 0 radical (unpaired) electrons. The van der Waals surface area contributed by atoms with Gasteiger partial charge >= 0.3 is 0 Å². The van der Waals surface area contributed by atoms with Gasteiger partial charge in [0.05, 0.1) is 5.75 Å². The van der Waals surface area contributed by atoms with Gasteiger partial charge in [-0.3, -0.25) is 9.59 Å². The number of halogens is 1. The Kier molecular flexibility index (Phi) is 9.38. The smallest absolute Gasteiger partial charge is 0.242 e. The highest BCUT2D eigenvalue weighted by Gasteiger charge is 2.25. The highest BCUT2D eigenvalue weighted by Crippen LogP contribution is 2.21. The highest BCUT2D eigenvalue weighted by molar-refractivity contribution is 7.99. The quantitative estimate of drug-likeness (QED) is 0.617. The van der Waals surface area contributed by atoms with Crippen molar-refractivity contribution in [3.8, 4) is 0 Å². The lowest BCUT2D eigenvalue weighted by Gasteiger charge is -2.28. The number of carbonyl (C=O) groups excluding carboxylic acids is 2. The Balaban J connectivity index is 2.03. The monoisotopic (exact) mass is 418 g/mol. The minimum absolute atomic E-state index is 0.0555. The Hall–Kier alpha value is -1.98. The third-order valence-corrected chi connectivity index (χ3v) is 5.69. The van der Waals surface area contributed by atoms with Crippen LogP contribution < -0.4 is 5.32 Å². The van der Waals surface area contributed by atoms with Gasteiger partial charge in [-0.2, -0.15) is 0 Å². The van der Waals surface area contributed by atoms with Gasteiger partial charge in [0.15, 0.2) is 0 Å². The van der Waals surface area contributed by atoms with Crippen LogP contribution in [-0.4, -0.2) is 35.1 Å². The van der Waals surface area contributed by atoms with Crippen molar-refractivity contribution in [3.63, 3.8) is 0 Å². The highest BCUT2D eigenvalue weighted by atomic mass is 35.5. The summed E-state index contributed by atoms with van der Waals surface area (Å²) < 4.78 is 0. The Morgan fingerprint density at radius 1 is 1.11 bits per heavy atom. The molecule has 0 spiro atoms. The third kappa shape index (κ3) is 6.88. The summed E-state index contributed by atoms with van der Waals surface area (Å²) in [4.78, 5) is 27.0. The number of hydrogen-bond acceptors (Lipinski definition) is 3. The second kappa shape index (κ2) is 11.8. The van der Waals surface area contributed by atoms with Gasteiger partial charge in [-0.15, -0.1) is 11.8 Å². The van der Waals surface area contributed by atoms with E-state index in [-0.39, 0.29) is 11.8 Å². The van der Waals surface area contributed by atoms with Crippen molar-refractivity contribution in [2.75, 3.05) is 12.3 Å². The van der Waals surface area contributed by atoms with E-state index in [9.17, 15) is 9.59 Å². The lowest BCUT2D eigenvalue weighted by atomic mass is 10.1. The fraction of sp³-hybridized carbons (Fsp3) is 0.364. The Bertz CT molecular complexity index is 770. The number of hydrogen-bond donors (Lipinski definition) is 1. The predicted octanol–water partition coefficient (Wildman–Crippen LogP) is 4.52. The van der Waals surface area contributed by atoms with E-state index in [4.69, 9.17) is 11.6 Å². The van der Waals surface area contributed by atoms with Crippen LogP contribution in [0.1, 0.15) is 31.4 Å². The van der Waals surface area contributed by atoms with Gasteiger partial charge in [-0.25, -0.2) is 0 Å². The maximum atomic E-state index is 12.9. The first-order valence-electron chi connectivity index (χ1n) is 9.45. The molecule has 0 fully saturated rings. The van der Waals surface area contributed by atoms with Crippen molar-refractivity contribution in [1.82, 2.24) is 10.2 Å². The summed E-state index contributed by atoms with van der Waals surface area (Å²) in [5, 5.41) is 3.59. The van der Waals surface area contributed by atoms with E-state index < -0.39 is 6.04 Å². The summed E-state index contributed by atoms with van der Waals surface area (Å²) in [6, 6.07) is 16.8. The Morgan fingerprint density at radius 3 is 2.46 bits per heavy atom. The van der Waals surface area contributed by atoms with Gasteiger partial charge in [-0.05, 0) is 30.5 Å². The average Bonchev–Trinajstić information content (AvgIpc) is 2.71. The van der Waals surface area contributed by atoms with E-state index in [1.165, 1.54) is 11.8 Å². The number of thioether (sulfide) groups is 1. The molecule has 0 aliphatic carbocycles. The molecule has 0 saturated heterocycles. The number of benzene rings is 2. The first-order valence-corrected chi connectivity index (χ1v) is 11.0. The van der Waals surface area contributed by atoms with Crippen LogP contribution in [0.5, 0.6) is 0 Å². The molecule has 0 aromatic heterocycles. The average molecular weight is 419 g/mol. The molecule has 28 heavy (non-hydrogen) atoms. The van der Waals surface area contributed by atoms with Crippen LogP contribution in [0.2, 0.25) is 5.02 Å². The second-order valence-corrected chi connectivity index (χ2v) is 7.95. The number of nitrogens with zero attached hydrogens (tertiary/aromatic N) is 1. The predicted molar refractivity (Wildman–Crippen MR) is 117 cm³/mol. The SMILES string of the molecule is CCCNC(=O)[C@@H](C)N(Cc1ccccc1)C(=O)CSCc1ccccc1Cl. The zero-order valence-electron chi connectivity index (χ0n) is 16.4. The van der Waals surface area contributed by atoms with Crippen molar-refractivity contribution in [2.45, 2.75) is 38.6 Å². The molecule has 1 atom stereocenters. The fourth-order valence-electron chi connectivity index (χ4n) is 2.71. The minimum Gasteiger partial charge on any atom is -0.354 e. The molecule has 0 saturated carbocycles. The van der Waals surface area contributed by atoms with Gasteiger partial charge in [0, 0.05) is 23.9 Å². The largest absolute Gasteiger partial charge is 0.354 e. The molecule has 0 aliphatic heterocycles. The number of nitrogens with one attached hydrogen (secondary N) is 1.